The molecule has 4 nitrogen and oxygen atoms in total. The summed E-state index contributed by atoms with van der Waals surface area (Å²) in [5.74, 6) is 0.245. The number of fused-ring (bicyclic) bond motifs is 1. The number of carbonyl (C=O) groups is 1. The lowest BCUT2D eigenvalue weighted by Gasteiger charge is -2.06. The molecular formula is C17H14Cl2N2O2. The van der Waals surface area contributed by atoms with Crippen molar-refractivity contribution in [2.75, 3.05) is 5.32 Å². The van der Waals surface area contributed by atoms with E-state index >= 15 is 0 Å². The molecule has 0 aliphatic carbocycles. The molecule has 0 bridgehead atoms. The molecule has 1 amide bonds. The summed E-state index contributed by atoms with van der Waals surface area (Å²) < 4.78 is 5.73. The lowest BCUT2D eigenvalue weighted by Crippen LogP contribution is -2.17. The van der Waals surface area contributed by atoms with Crippen LogP contribution in [0.5, 0.6) is 0 Å². The summed E-state index contributed by atoms with van der Waals surface area (Å²) >= 11 is 12.2. The second-order valence-corrected chi connectivity index (χ2v) is 6.31. The summed E-state index contributed by atoms with van der Waals surface area (Å²) in [7, 11) is 0. The Bertz CT molecular complexity index is 887. The zero-order chi connectivity index (χ0) is 16.6. The van der Waals surface area contributed by atoms with Gasteiger partial charge in [-0.05, 0) is 36.4 Å². The van der Waals surface area contributed by atoms with Gasteiger partial charge in [0.1, 0.15) is 5.52 Å². The van der Waals surface area contributed by atoms with Gasteiger partial charge >= 0.3 is 0 Å². The smallest absolute Gasteiger partial charge is 0.228 e. The van der Waals surface area contributed by atoms with E-state index in [0.717, 1.165) is 0 Å². The van der Waals surface area contributed by atoms with Gasteiger partial charge in [-0.25, -0.2) is 4.98 Å². The molecule has 2 aromatic carbocycles. The SMILES string of the molecule is CC(C)C(=O)Nc1ccc2oc(-c3cc(Cl)ccc3Cl)nc2c1. The number of nitrogens with one attached hydrogen (secondary N) is 1. The Balaban J connectivity index is 1.99. The minimum absolute atomic E-state index is 0.0500. The third-order valence-electron chi connectivity index (χ3n) is 3.34. The maximum absolute atomic E-state index is 11.8. The Morgan fingerprint density at radius 2 is 1.96 bits per heavy atom. The number of halogens is 2. The van der Waals surface area contributed by atoms with Crippen LogP contribution in [0.3, 0.4) is 0 Å². The summed E-state index contributed by atoms with van der Waals surface area (Å²) in [6, 6.07) is 10.4. The first-order chi connectivity index (χ1) is 10.9. The Hall–Kier alpha value is -2.04. The minimum atomic E-state index is -0.0937. The summed E-state index contributed by atoms with van der Waals surface area (Å²) in [5.41, 5.74) is 2.55. The Labute approximate surface area is 143 Å². The molecule has 0 aliphatic rings. The molecular weight excluding hydrogens is 335 g/mol. The number of anilines is 1. The second kappa shape index (κ2) is 6.22. The number of nitrogens with zero attached hydrogens (tertiary/aromatic N) is 1. The molecule has 0 unspecified atom stereocenters. The Kier molecular flexibility index (Phi) is 4.28. The molecule has 0 spiro atoms. The Morgan fingerprint density at radius 1 is 1.17 bits per heavy atom. The largest absolute Gasteiger partial charge is 0.436 e. The zero-order valence-electron chi connectivity index (χ0n) is 12.6. The van der Waals surface area contributed by atoms with Gasteiger partial charge in [-0.2, -0.15) is 0 Å². The predicted molar refractivity (Wildman–Crippen MR) is 92.9 cm³/mol. The average Bonchev–Trinajstić information content (AvgIpc) is 2.92. The fourth-order valence-electron chi connectivity index (χ4n) is 2.07. The van der Waals surface area contributed by atoms with Gasteiger partial charge in [-0.15, -0.1) is 0 Å². The highest BCUT2D eigenvalue weighted by Gasteiger charge is 2.14. The van der Waals surface area contributed by atoms with E-state index in [-0.39, 0.29) is 11.8 Å². The van der Waals surface area contributed by atoms with Crippen LogP contribution < -0.4 is 5.32 Å². The molecule has 23 heavy (non-hydrogen) atoms. The molecule has 0 aliphatic heterocycles. The van der Waals surface area contributed by atoms with Crippen LogP contribution in [0.2, 0.25) is 10.0 Å². The van der Waals surface area contributed by atoms with Crippen LogP contribution in [0, 0.1) is 5.92 Å². The van der Waals surface area contributed by atoms with Gasteiger partial charge in [0.15, 0.2) is 5.58 Å². The fourth-order valence-corrected chi connectivity index (χ4v) is 2.44. The van der Waals surface area contributed by atoms with Crippen molar-refractivity contribution in [1.29, 1.82) is 0 Å². The van der Waals surface area contributed by atoms with E-state index in [1.165, 1.54) is 0 Å². The lowest BCUT2D eigenvalue weighted by atomic mass is 10.2. The van der Waals surface area contributed by atoms with Gasteiger partial charge < -0.3 is 9.73 Å². The van der Waals surface area contributed by atoms with Gasteiger partial charge in [-0.3, -0.25) is 4.79 Å². The molecule has 118 valence electrons. The van der Waals surface area contributed by atoms with Crippen molar-refractivity contribution in [3.8, 4) is 11.5 Å². The molecule has 6 heteroatoms. The number of hydrogen-bond donors (Lipinski definition) is 1. The number of rotatable bonds is 3. The van der Waals surface area contributed by atoms with Crippen LogP contribution in [0.1, 0.15) is 13.8 Å². The summed E-state index contributed by atoms with van der Waals surface area (Å²) in [4.78, 5) is 16.2. The molecule has 0 saturated carbocycles. The first-order valence-electron chi connectivity index (χ1n) is 7.11. The monoisotopic (exact) mass is 348 g/mol. The van der Waals surface area contributed by atoms with Gasteiger partial charge in [0.25, 0.3) is 0 Å². The molecule has 1 N–H and O–H groups in total. The first kappa shape index (κ1) is 15.8. The third-order valence-corrected chi connectivity index (χ3v) is 3.90. The molecule has 0 atom stereocenters. The molecule has 0 radical (unpaired) electrons. The van der Waals surface area contributed by atoms with Crippen LogP contribution in [0.15, 0.2) is 40.8 Å². The predicted octanol–water partition coefficient (Wildman–Crippen LogP) is 5.40. The van der Waals surface area contributed by atoms with E-state index in [9.17, 15) is 4.79 Å². The number of hydrogen-bond acceptors (Lipinski definition) is 3. The topological polar surface area (TPSA) is 55.1 Å². The third kappa shape index (κ3) is 3.33. The molecule has 3 aromatic rings. The lowest BCUT2D eigenvalue weighted by molar-refractivity contribution is -0.118. The van der Waals surface area contributed by atoms with Crippen molar-refractivity contribution in [3.05, 3.63) is 46.4 Å². The van der Waals surface area contributed by atoms with Crippen LogP contribution in [-0.4, -0.2) is 10.9 Å². The first-order valence-corrected chi connectivity index (χ1v) is 7.86. The number of benzene rings is 2. The summed E-state index contributed by atoms with van der Waals surface area (Å²) in [5, 5.41) is 3.90. The average molecular weight is 349 g/mol. The quantitative estimate of drug-likeness (QED) is 0.689. The minimum Gasteiger partial charge on any atom is -0.436 e. The molecule has 0 saturated heterocycles. The highest BCUT2D eigenvalue weighted by molar-refractivity contribution is 6.35. The number of aromatic nitrogens is 1. The van der Waals surface area contributed by atoms with Crippen molar-refractivity contribution < 1.29 is 9.21 Å². The van der Waals surface area contributed by atoms with Crippen molar-refractivity contribution in [1.82, 2.24) is 4.98 Å². The summed E-state index contributed by atoms with van der Waals surface area (Å²) in [6.07, 6.45) is 0. The maximum atomic E-state index is 11.8. The maximum Gasteiger partial charge on any atom is 0.228 e. The van der Waals surface area contributed by atoms with Gasteiger partial charge in [-0.1, -0.05) is 37.0 Å². The zero-order valence-corrected chi connectivity index (χ0v) is 14.1. The molecule has 1 heterocycles. The molecule has 1 aromatic heterocycles. The van der Waals surface area contributed by atoms with Gasteiger partial charge in [0.05, 0.1) is 10.6 Å². The van der Waals surface area contributed by atoms with Gasteiger partial charge in [0.2, 0.25) is 11.8 Å². The van der Waals surface area contributed by atoms with Crippen molar-refractivity contribution in [2.24, 2.45) is 5.92 Å². The normalized spacial score (nSPS) is 11.2. The van der Waals surface area contributed by atoms with E-state index in [2.05, 4.69) is 10.3 Å². The second-order valence-electron chi connectivity index (χ2n) is 5.47. The van der Waals surface area contributed by atoms with E-state index in [1.807, 2.05) is 13.8 Å². The van der Waals surface area contributed by atoms with Crippen LogP contribution in [-0.2, 0) is 4.79 Å². The van der Waals surface area contributed by atoms with E-state index in [1.54, 1.807) is 36.4 Å². The number of amides is 1. The molecule has 3 rings (SSSR count). The fraction of sp³-hybridized carbons (Fsp3) is 0.176. The highest BCUT2D eigenvalue weighted by Crippen LogP contribution is 2.32. The highest BCUT2D eigenvalue weighted by atomic mass is 35.5. The van der Waals surface area contributed by atoms with Gasteiger partial charge in [0, 0.05) is 16.6 Å². The standard InChI is InChI=1S/C17H14Cl2N2O2/c1-9(2)16(22)20-11-4-6-15-14(8-11)21-17(23-15)12-7-10(18)3-5-13(12)19/h3-9H,1-2H3,(H,20,22). The van der Waals surface area contributed by atoms with E-state index < -0.39 is 0 Å². The van der Waals surface area contributed by atoms with Crippen LogP contribution in [0.25, 0.3) is 22.6 Å². The van der Waals surface area contributed by atoms with Crippen LogP contribution in [0.4, 0.5) is 5.69 Å². The van der Waals surface area contributed by atoms with Crippen LogP contribution >= 0.6 is 23.2 Å². The van der Waals surface area contributed by atoms with Crippen molar-refractivity contribution in [2.45, 2.75) is 13.8 Å². The number of oxazole rings is 1. The van der Waals surface area contributed by atoms with Crippen molar-refractivity contribution >= 4 is 45.9 Å². The van der Waals surface area contributed by atoms with E-state index in [4.69, 9.17) is 27.6 Å². The summed E-state index contributed by atoms with van der Waals surface area (Å²) in [6.45, 7) is 3.67. The molecule has 0 fully saturated rings. The van der Waals surface area contributed by atoms with E-state index in [0.29, 0.717) is 38.3 Å². The number of carbonyl (C=O) groups excluding carboxylic acids is 1. The van der Waals surface area contributed by atoms with Crippen molar-refractivity contribution in [3.63, 3.8) is 0 Å². The Morgan fingerprint density at radius 3 is 2.70 bits per heavy atom.